The highest BCUT2D eigenvalue weighted by Crippen LogP contribution is 2.36. The standard InChI is InChI=1S/C24H25FN8O3/c1-13-18(14-4-3-7-26-11-14)21-27-8-9-33(21)22(28-13)29-17-10-15(31-32-17)20-19(25)16(12-35-20)36-23(34)30-24(2)5-6-24/h3-4,7-11,16,19-20H,5-6,12H2,1-2H3,(H,30,34)(H2,28,29,31,32)/t16-,19+,20-/m1/s1. The zero-order valence-electron chi connectivity index (χ0n) is 19.7. The number of fused-ring (bicyclic) bond motifs is 1. The van der Waals surface area contributed by atoms with Crippen LogP contribution in [-0.2, 0) is 9.47 Å². The van der Waals surface area contributed by atoms with Crippen molar-refractivity contribution < 1.29 is 18.7 Å². The molecular weight excluding hydrogens is 467 g/mol. The number of hydrogen-bond acceptors (Lipinski definition) is 8. The Morgan fingerprint density at radius 2 is 2.22 bits per heavy atom. The predicted molar refractivity (Wildman–Crippen MR) is 127 cm³/mol. The van der Waals surface area contributed by atoms with E-state index in [0.29, 0.717) is 17.5 Å². The van der Waals surface area contributed by atoms with Gasteiger partial charge in [-0.25, -0.2) is 19.2 Å². The number of carbonyl (C=O) groups is 1. The monoisotopic (exact) mass is 492 g/mol. The van der Waals surface area contributed by atoms with Gasteiger partial charge in [0.05, 0.1) is 18.0 Å². The first-order valence-electron chi connectivity index (χ1n) is 11.7. The van der Waals surface area contributed by atoms with E-state index in [1.807, 2.05) is 30.4 Å². The number of hydrogen-bond donors (Lipinski definition) is 3. The smallest absolute Gasteiger partial charge is 0.408 e. The molecule has 4 aromatic rings. The molecule has 2 fully saturated rings. The van der Waals surface area contributed by atoms with Gasteiger partial charge in [-0.05, 0) is 32.8 Å². The molecule has 12 heteroatoms. The minimum atomic E-state index is -1.53. The largest absolute Gasteiger partial charge is 0.441 e. The Morgan fingerprint density at radius 1 is 1.36 bits per heavy atom. The maximum atomic E-state index is 15.1. The maximum Gasteiger partial charge on any atom is 0.408 e. The van der Waals surface area contributed by atoms with Crippen molar-refractivity contribution in [2.24, 2.45) is 0 Å². The molecule has 1 saturated heterocycles. The number of alkyl carbamates (subject to hydrolysis) is 1. The second-order valence-corrected chi connectivity index (χ2v) is 9.42. The Bertz CT molecular complexity index is 1420. The molecule has 36 heavy (non-hydrogen) atoms. The maximum absolute atomic E-state index is 15.1. The molecule has 3 N–H and O–H groups in total. The van der Waals surface area contributed by atoms with Crippen molar-refractivity contribution in [2.75, 3.05) is 11.9 Å². The van der Waals surface area contributed by atoms with Crippen LogP contribution in [0.3, 0.4) is 0 Å². The van der Waals surface area contributed by atoms with E-state index in [1.54, 1.807) is 30.9 Å². The van der Waals surface area contributed by atoms with Gasteiger partial charge in [0.1, 0.15) is 11.8 Å². The first kappa shape index (κ1) is 22.4. The Labute approximate surface area is 205 Å². The minimum absolute atomic E-state index is 0.0377. The molecule has 1 aliphatic heterocycles. The van der Waals surface area contributed by atoms with Crippen LogP contribution < -0.4 is 10.6 Å². The van der Waals surface area contributed by atoms with Crippen LogP contribution in [-0.4, -0.2) is 60.1 Å². The lowest BCUT2D eigenvalue weighted by Crippen LogP contribution is -2.39. The van der Waals surface area contributed by atoms with Gasteiger partial charge in [-0.3, -0.25) is 14.5 Å². The number of imidazole rings is 1. The van der Waals surface area contributed by atoms with Crippen LogP contribution in [0, 0.1) is 6.92 Å². The third-order valence-electron chi connectivity index (χ3n) is 6.57. The Morgan fingerprint density at radius 3 is 3.00 bits per heavy atom. The molecule has 2 aliphatic rings. The quantitative estimate of drug-likeness (QED) is 0.372. The van der Waals surface area contributed by atoms with Crippen molar-refractivity contribution in [1.82, 2.24) is 34.9 Å². The van der Waals surface area contributed by atoms with Gasteiger partial charge in [0, 0.05) is 47.5 Å². The summed E-state index contributed by atoms with van der Waals surface area (Å²) in [4.78, 5) is 25.5. The second-order valence-electron chi connectivity index (χ2n) is 9.42. The fourth-order valence-corrected chi connectivity index (χ4v) is 4.35. The Balaban J connectivity index is 1.18. The van der Waals surface area contributed by atoms with Gasteiger partial charge in [0.25, 0.3) is 0 Å². The number of nitrogens with one attached hydrogen (secondary N) is 3. The van der Waals surface area contributed by atoms with Crippen LogP contribution in [0.5, 0.6) is 0 Å². The molecule has 1 amide bonds. The molecule has 0 unspecified atom stereocenters. The number of halogens is 1. The van der Waals surface area contributed by atoms with E-state index in [1.165, 1.54) is 0 Å². The summed E-state index contributed by atoms with van der Waals surface area (Å²) in [5.41, 5.74) is 3.46. The van der Waals surface area contributed by atoms with Gasteiger partial charge < -0.3 is 20.1 Å². The summed E-state index contributed by atoms with van der Waals surface area (Å²) >= 11 is 0. The minimum Gasteiger partial charge on any atom is -0.441 e. The molecule has 6 rings (SSSR count). The molecule has 0 bridgehead atoms. The van der Waals surface area contributed by atoms with Gasteiger partial charge >= 0.3 is 6.09 Å². The summed E-state index contributed by atoms with van der Waals surface area (Å²) in [5, 5.41) is 13.0. The van der Waals surface area contributed by atoms with Gasteiger partial charge in [0.15, 0.2) is 18.1 Å². The molecule has 5 heterocycles. The van der Waals surface area contributed by atoms with E-state index >= 15 is 4.39 Å². The van der Waals surface area contributed by atoms with E-state index in [9.17, 15) is 4.79 Å². The van der Waals surface area contributed by atoms with Crippen molar-refractivity contribution in [3.05, 3.63) is 54.4 Å². The van der Waals surface area contributed by atoms with Crippen LogP contribution in [0.2, 0.25) is 0 Å². The van der Waals surface area contributed by atoms with Crippen molar-refractivity contribution in [3.63, 3.8) is 0 Å². The summed E-state index contributed by atoms with van der Waals surface area (Å²) in [6, 6.07) is 5.48. The first-order chi connectivity index (χ1) is 17.4. The van der Waals surface area contributed by atoms with Crippen LogP contribution in [0.25, 0.3) is 16.8 Å². The highest BCUT2D eigenvalue weighted by atomic mass is 19.1. The lowest BCUT2D eigenvalue weighted by molar-refractivity contribution is 0.0604. The summed E-state index contributed by atoms with van der Waals surface area (Å²) in [6.45, 7) is 3.79. The predicted octanol–water partition coefficient (Wildman–Crippen LogP) is 3.62. The number of aryl methyl sites for hydroxylation is 1. The lowest BCUT2D eigenvalue weighted by Gasteiger charge is -2.17. The second kappa shape index (κ2) is 8.55. The summed E-state index contributed by atoms with van der Waals surface area (Å²) in [5.74, 6) is 0.932. The molecule has 1 aliphatic carbocycles. The van der Waals surface area contributed by atoms with Crippen LogP contribution >= 0.6 is 0 Å². The molecule has 0 spiro atoms. The number of ether oxygens (including phenoxy) is 2. The fourth-order valence-electron chi connectivity index (χ4n) is 4.35. The van der Waals surface area contributed by atoms with Crippen molar-refractivity contribution in [1.29, 1.82) is 0 Å². The highest BCUT2D eigenvalue weighted by molar-refractivity contribution is 5.80. The van der Waals surface area contributed by atoms with E-state index in [-0.39, 0.29) is 12.1 Å². The first-order valence-corrected chi connectivity index (χ1v) is 11.7. The molecule has 11 nitrogen and oxygen atoms in total. The normalized spacial score (nSPS) is 22.5. The number of rotatable bonds is 6. The van der Waals surface area contributed by atoms with E-state index < -0.39 is 24.5 Å². The summed E-state index contributed by atoms with van der Waals surface area (Å²) in [6.07, 6.45) is 4.67. The van der Waals surface area contributed by atoms with Crippen LogP contribution in [0.1, 0.15) is 37.3 Å². The average Bonchev–Trinajstić information content (AvgIpc) is 3.23. The molecule has 3 atom stereocenters. The van der Waals surface area contributed by atoms with Gasteiger partial charge in [-0.1, -0.05) is 6.07 Å². The number of carbonyl (C=O) groups excluding carboxylic acids is 1. The number of H-pyrrole nitrogens is 1. The number of pyridine rings is 1. The zero-order valence-corrected chi connectivity index (χ0v) is 19.7. The number of amides is 1. The van der Waals surface area contributed by atoms with Crippen LogP contribution in [0.15, 0.2) is 43.0 Å². The molecule has 0 radical (unpaired) electrons. The van der Waals surface area contributed by atoms with Gasteiger partial charge in [0.2, 0.25) is 5.95 Å². The molecular formula is C24H25FN8O3. The number of alkyl halides is 1. The molecule has 0 aromatic carbocycles. The third kappa shape index (κ3) is 4.13. The van der Waals surface area contributed by atoms with Crippen molar-refractivity contribution >= 4 is 23.5 Å². The van der Waals surface area contributed by atoms with E-state index in [4.69, 9.17) is 14.5 Å². The van der Waals surface area contributed by atoms with Gasteiger partial charge in [-0.2, -0.15) is 5.10 Å². The Hall–Kier alpha value is -4.06. The van der Waals surface area contributed by atoms with Crippen LogP contribution in [0.4, 0.5) is 21.0 Å². The van der Waals surface area contributed by atoms with Crippen molar-refractivity contribution in [3.8, 4) is 11.1 Å². The molecule has 4 aromatic heterocycles. The van der Waals surface area contributed by atoms with E-state index in [2.05, 4.69) is 30.8 Å². The number of anilines is 2. The highest BCUT2D eigenvalue weighted by Gasteiger charge is 2.44. The lowest BCUT2D eigenvalue weighted by atomic mass is 10.1. The number of aromatic nitrogens is 6. The Kier molecular flexibility index (Phi) is 5.32. The molecule has 186 valence electrons. The van der Waals surface area contributed by atoms with Crippen molar-refractivity contribution in [2.45, 2.75) is 50.6 Å². The fraction of sp³-hybridized carbons (Fsp3) is 0.375. The third-order valence-corrected chi connectivity index (χ3v) is 6.57. The average molecular weight is 493 g/mol. The topological polar surface area (TPSA) is 131 Å². The SMILES string of the molecule is Cc1nc(Nc2cc([C@H]3OC[C@@H](OC(=O)NC4(C)CC4)[C@@H]3F)[nH]n2)n2ccnc2c1-c1cccnc1. The summed E-state index contributed by atoms with van der Waals surface area (Å²) < 4.78 is 27.8. The number of aromatic amines is 1. The van der Waals surface area contributed by atoms with Gasteiger partial charge in [-0.15, -0.1) is 0 Å². The number of nitrogens with zero attached hydrogens (tertiary/aromatic N) is 5. The van der Waals surface area contributed by atoms with E-state index in [0.717, 1.165) is 35.3 Å². The summed E-state index contributed by atoms with van der Waals surface area (Å²) in [7, 11) is 0. The molecule has 1 saturated carbocycles. The zero-order chi connectivity index (χ0) is 24.9.